The Kier molecular flexibility index (Phi) is 6.37. The molecule has 182 valence electrons. The average molecular weight is 479 g/mol. The van der Waals surface area contributed by atoms with Gasteiger partial charge in [0.15, 0.2) is 23.1 Å². The van der Waals surface area contributed by atoms with Gasteiger partial charge in [-0.25, -0.2) is 9.37 Å². The molecule has 3 heterocycles. The molecule has 5 rings (SSSR count). The Hall–Kier alpha value is -3.92. The molecule has 1 aromatic carbocycles. The van der Waals surface area contributed by atoms with E-state index in [-0.39, 0.29) is 29.3 Å². The molecule has 1 fully saturated rings. The van der Waals surface area contributed by atoms with Gasteiger partial charge in [0.2, 0.25) is 0 Å². The quantitative estimate of drug-likeness (QED) is 0.422. The second-order valence-corrected chi connectivity index (χ2v) is 8.72. The standard InChI is InChI=1S/C25H27FN6O3/c26-18-11-17(23(28)33)24(32-25(18)31-20-4-2-1-3-19(20)27)30-16-9-15(12-29-13-16)14-5-6-21-22(10-14)35-8-7-34-21/h5-6,9-13,19-20H,1-4,7-8,27H2,(H2,28,33)(H2,30,31,32)/t19-,20?/m0/s1. The Morgan fingerprint density at radius 3 is 2.60 bits per heavy atom. The number of primary amides is 1. The lowest BCUT2D eigenvalue weighted by Crippen LogP contribution is -2.43. The second kappa shape index (κ2) is 9.75. The average Bonchev–Trinajstić information content (AvgIpc) is 2.87. The number of rotatable bonds is 6. The number of pyridine rings is 2. The highest BCUT2D eigenvalue weighted by atomic mass is 19.1. The summed E-state index contributed by atoms with van der Waals surface area (Å²) in [5.74, 6) is 0.0604. The summed E-state index contributed by atoms with van der Waals surface area (Å²) in [6.07, 6.45) is 7.04. The van der Waals surface area contributed by atoms with E-state index in [2.05, 4.69) is 20.6 Å². The van der Waals surface area contributed by atoms with Crippen molar-refractivity contribution in [3.8, 4) is 22.6 Å². The van der Waals surface area contributed by atoms with Crippen LogP contribution in [0, 0.1) is 5.82 Å². The number of benzene rings is 1. The van der Waals surface area contributed by atoms with Crippen LogP contribution in [-0.2, 0) is 0 Å². The van der Waals surface area contributed by atoms with Gasteiger partial charge in [0.05, 0.1) is 17.4 Å². The van der Waals surface area contributed by atoms with Crippen molar-refractivity contribution in [3.63, 3.8) is 0 Å². The highest BCUT2D eigenvalue weighted by Gasteiger charge is 2.24. The molecule has 3 aromatic rings. The minimum atomic E-state index is -0.796. The highest BCUT2D eigenvalue weighted by Crippen LogP contribution is 2.35. The van der Waals surface area contributed by atoms with Crippen LogP contribution in [0.3, 0.4) is 0 Å². The number of carbonyl (C=O) groups is 1. The molecule has 9 nitrogen and oxygen atoms in total. The first-order valence-corrected chi connectivity index (χ1v) is 11.6. The SMILES string of the molecule is NC(=O)c1cc(F)c(NC2CCCC[C@@H]2N)nc1Nc1cncc(-c2ccc3c(c2)OCCO3)c1. The second-order valence-electron chi connectivity index (χ2n) is 8.72. The van der Waals surface area contributed by atoms with Crippen molar-refractivity contribution in [2.75, 3.05) is 23.8 Å². The van der Waals surface area contributed by atoms with Gasteiger partial charge in [-0.15, -0.1) is 0 Å². The molecule has 6 N–H and O–H groups in total. The molecule has 1 unspecified atom stereocenters. The Bertz CT molecular complexity index is 1250. The smallest absolute Gasteiger partial charge is 0.252 e. The molecule has 1 saturated carbocycles. The number of ether oxygens (including phenoxy) is 2. The number of fused-ring (bicyclic) bond motifs is 1. The van der Waals surface area contributed by atoms with E-state index in [0.29, 0.717) is 30.4 Å². The van der Waals surface area contributed by atoms with E-state index in [0.717, 1.165) is 42.9 Å². The highest BCUT2D eigenvalue weighted by molar-refractivity contribution is 5.98. The summed E-state index contributed by atoms with van der Waals surface area (Å²) in [5.41, 5.74) is 13.9. The van der Waals surface area contributed by atoms with Crippen molar-refractivity contribution < 1.29 is 18.7 Å². The van der Waals surface area contributed by atoms with Gasteiger partial charge in [-0.3, -0.25) is 9.78 Å². The fourth-order valence-corrected chi connectivity index (χ4v) is 4.41. The molecule has 1 amide bonds. The third kappa shape index (κ3) is 4.97. The molecule has 35 heavy (non-hydrogen) atoms. The van der Waals surface area contributed by atoms with Crippen molar-refractivity contribution in [2.45, 2.75) is 37.8 Å². The number of hydrogen-bond acceptors (Lipinski definition) is 8. The number of hydrogen-bond donors (Lipinski definition) is 4. The van der Waals surface area contributed by atoms with Crippen LogP contribution in [0.5, 0.6) is 11.5 Å². The zero-order valence-electron chi connectivity index (χ0n) is 19.1. The van der Waals surface area contributed by atoms with Crippen molar-refractivity contribution in [1.29, 1.82) is 0 Å². The summed E-state index contributed by atoms with van der Waals surface area (Å²) in [6, 6.07) is 8.39. The van der Waals surface area contributed by atoms with Gasteiger partial charge in [0.1, 0.15) is 19.0 Å². The van der Waals surface area contributed by atoms with Crippen LogP contribution in [0.25, 0.3) is 11.1 Å². The van der Waals surface area contributed by atoms with Gasteiger partial charge in [-0.05, 0) is 42.7 Å². The number of halogens is 1. The van der Waals surface area contributed by atoms with Crippen molar-refractivity contribution in [2.24, 2.45) is 11.5 Å². The van der Waals surface area contributed by atoms with Crippen LogP contribution >= 0.6 is 0 Å². The normalized spacial score (nSPS) is 19.1. The molecule has 1 aliphatic heterocycles. The fourth-order valence-electron chi connectivity index (χ4n) is 4.41. The topological polar surface area (TPSA) is 137 Å². The summed E-state index contributed by atoms with van der Waals surface area (Å²) in [4.78, 5) is 20.7. The van der Waals surface area contributed by atoms with E-state index < -0.39 is 11.7 Å². The zero-order valence-corrected chi connectivity index (χ0v) is 19.1. The molecule has 10 heteroatoms. The third-order valence-electron chi connectivity index (χ3n) is 6.26. The van der Waals surface area contributed by atoms with Crippen LogP contribution in [0.2, 0.25) is 0 Å². The minimum Gasteiger partial charge on any atom is -0.486 e. The van der Waals surface area contributed by atoms with Crippen molar-refractivity contribution in [3.05, 3.63) is 54.1 Å². The number of anilines is 3. The monoisotopic (exact) mass is 478 g/mol. The summed E-state index contributed by atoms with van der Waals surface area (Å²) < 4.78 is 26.1. The van der Waals surface area contributed by atoms with E-state index in [1.807, 2.05) is 24.3 Å². The van der Waals surface area contributed by atoms with Crippen LogP contribution in [0.4, 0.5) is 21.7 Å². The summed E-state index contributed by atoms with van der Waals surface area (Å²) in [7, 11) is 0. The van der Waals surface area contributed by atoms with Gasteiger partial charge < -0.3 is 31.6 Å². The number of carbonyl (C=O) groups excluding carboxylic acids is 1. The molecule has 0 spiro atoms. The van der Waals surface area contributed by atoms with Gasteiger partial charge >= 0.3 is 0 Å². The maximum absolute atomic E-state index is 14.8. The number of amides is 1. The van der Waals surface area contributed by atoms with Gasteiger partial charge in [0.25, 0.3) is 5.91 Å². The molecular weight excluding hydrogens is 451 g/mol. The van der Waals surface area contributed by atoms with Crippen LogP contribution in [-0.4, -0.2) is 41.2 Å². The van der Waals surface area contributed by atoms with E-state index in [4.69, 9.17) is 20.9 Å². The maximum Gasteiger partial charge on any atom is 0.252 e. The van der Waals surface area contributed by atoms with E-state index in [1.54, 1.807) is 12.4 Å². The van der Waals surface area contributed by atoms with E-state index >= 15 is 0 Å². The molecule has 2 aromatic heterocycles. The van der Waals surface area contributed by atoms with Crippen LogP contribution in [0.15, 0.2) is 42.7 Å². The van der Waals surface area contributed by atoms with E-state index in [9.17, 15) is 9.18 Å². The summed E-state index contributed by atoms with van der Waals surface area (Å²) in [6.45, 7) is 1.01. The first-order valence-electron chi connectivity index (χ1n) is 11.6. The molecule has 0 radical (unpaired) electrons. The summed E-state index contributed by atoms with van der Waals surface area (Å²) >= 11 is 0. The van der Waals surface area contributed by atoms with Gasteiger partial charge in [-0.1, -0.05) is 18.9 Å². The number of nitrogens with one attached hydrogen (secondary N) is 2. The largest absolute Gasteiger partial charge is 0.486 e. The number of aromatic nitrogens is 2. The first-order chi connectivity index (χ1) is 17.0. The van der Waals surface area contributed by atoms with Crippen molar-refractivity contribution >= 4 is 23.2 Å². The first kappa shape index (κ1) is 22.9. The van der Waals surface area contributed by atoms with Crippen LogP contribution < -0.4 is 31.6 Å². The van der Waals surface area contributed by atoms with Gasteiger partial charge in [-0.2, -0.15) is 0 Å². The zero-order chi connectivity index (χ0) is 24.4. The third-order valence-corrected chi connectivity index (χ3v) is 6.26. The lowest BCUT2D eigenvalue weighted by molar-refractivity contribution is 0.100. The predicted octanol–water partition coefficient (Wildman–Crippen LogP) is 3.58. The Morgan fingerprint density at radius 2 is 1.80 bits per heavy atom. The molecule has 0 bridgehead atoms. The van der Waals surface area contributed by atoms with E-state index in [1.165, 1.54) is 0 Å². The number of nitrogens with two attached hydrogens (primary N) is 2. The Labute approximate surface area is 202 Å². The molecule has 0 saturated heterocycles. The lowest BCUT2D eigenvalue weighted by Gasteiger charge is -2.30. The fraction of sp³-hybridized carbons (Fsp3) is 0.320. The Balaban J connectivity index is 1.43. The number of nitrogens with zero attached hydrogens (tertiary/aromatic N) is 2. The molecule has 1 aliphatic carbocycles. The Morgan fingerprint density at radius 1 is 1.00 bits per heavy atom. The molecule has 2 aliphatic rings. The van der Waals surface area contributed by atoms with Crippen LogP contribution in [0.1, 0.15) is 36.0 Å². The van der Waals surface area contributed by atoms with Crippen molar-refractivity contribution in [1.82, 2.24) is 9.97 Å². The van der Waals surface area contributed by atoms with Gasteiger partial charge in [0, 0.05) is 23.8 Å². The maximum atomic E-state index is 14.8. The lowest BCUT2D eigenvalue weighted by atomic mass is 9.91. The minimum absolute atomic E-state index is 0.0239. The summed E-state index contributed by atoms with van der Waals surface area (Å²) in [5, 5.41) is 6.19. The molecule has 2 atom stereocenters. The predicted molar refractivity (Wildman–Crippen MR) is 131 cm³/mol. The molecular formula is C25H27FN6O3.